The molecule has 3 aliphatic rings. The predicted octanol–water partition coefficient (Wildman–Crippen LogP) is 3.30. The first-order valence-electron chi connectivity index (χ1n) is 13.5. The number of pyridine rings is 1. The third-order valence-corrected chi connectivity index (χ3v) is 9.86. The van der Waals surface area contributed by atoms with Crippen molar-refractivity contribution in [2.75, 3.05) is 41.3 Å². The number of carbonyl (C=O) groups excluding carboxylic acids is 1. The van der Waals surface area contributed by atoms with Crippen LogP contribution in [0.1, 0.15) is 32.6 Å². The molecule has 3 fully saturated rings. The molecule has 3 aromatic heterocycles. The summed E-state index contributed by atoms with van der Waals surface area (Å²) in [7, 11) is 0. The SMILES string of the molecule is C[C@@H]1C(=O)CC2(CCN(c3cnc(Sc4ccnc(Nc5ccnc(N6CC[C@@H](O)C6)n5)c4Cl)cn3)CC2)[C@H]1N. The lowest BCUT2D eigenvalue weighted by Crippen LogP contribution is -2.48. The van der Waals surface area contributed by atoms with Gasteiger partial charge in [-0.2, -0.15) is 4.98 Å². The summed E-state index contributed by atoms with van der Waals surface area (Å²) in [5.41, 5.74) is 6.37. The molecule has 6 rings (SSSR count). The van der Waals surface area contributed by atoms with Gasteiger partial charge < -0.3 is 26.0 Å². The lowest BCUT2D eigenvalue weighted by atomic mass is 9.73. The van der Waals surface area contributed by atoms with Crippen molar-refractivity contribution in [3.05, 3.63) is 41.9 Å². The smallest absolute Gasteiger partial charge is 0.227 e. The maximum atomic E-state index is 12.3. The normalized spacial score (nSPS) is 24.2. The molecule has 2 saturated heterocycles. The topological polar surface area (TPSA) is 146 Å². The van der Waals surface area contributed by atoms with Crippen molar-refractivity contribution in [3.63, 3.8) is 0 Å². The second-order valence-electron chi connectivity index (χ2n) is 10.8. The van der Waals surface area contributed by atoms with Crippen molar-refractivity contribution in [1.29, 1.82) is 0 Å². The highest BCUT2D eigenvalue weighted by Crippen LogP contribution is 2.46. The Labute approximate surface area is 242 Å². The molecule has 1 saturated carbocycles. The van der Waals surface area contributed by atoms with Gasteiger partial charge in [-0.15, -0.1) is 0 Å². The molecule has 1 aliphatic carbocycles. The van der Waals surface area contributed by atoms with Gasteiger partial charge in [0.25, 0.3) is 0 Å². The number of nitrogens with two attached hydrogens (primary N) is 1. The Morgan fingerprint density at radius 1 is 1.10 bits per heavy atom. The molecule has 3 aromatic rings. The molecule has 0 unspecified atom stereocenters. The Hall–Kier alpha value is -3.06. The summed E-state index contributed by atoms with van der Waals surface area (Å²) in [6, 6.07) is 3.52. The first kappa shape index (κ1) is 27.1. The van der Waals surface area contributed by atoms with Gasteiger partial charge in [0.15, 0.2) is 5.82 Å². The number of nitrogens with zero attached hydrogens (tertiary/aromatic N) is 7. The van der Waals surface area contributed by atoms with E-state index in [1.807, 2.05) is 17.9 Å². The van der Waals surface area contributed by atoms with Gasteiger partial charge in [-0.05, 0) is 36.8 Å². The lowest BCUT2D eigenvalue weighted by Gasteiger charge is -2.42. The monoisotopic (exact) mass is 581 g/mol. The third kappa shape index (κ3) is 5.32. The van der Waals surface area contributed by atoms with Crippen molar-refractivity contribution < 1.29 is 9.90 Å². The maximum absolute atomic E-state index is 12.3. The average Bonchev–Trinajstić information content (AvgIpc) is 3.49. The predicted molar refractivity (Wildman–Crippen MR) is 154 cm³/mol. The molecule has 2 aliphatic heterocycles. The summed E-state index contributed by atoms with van der Waals surface area (Å²) in [5.74, 6) is 2.65. The van der Waals surface area contributed by atoms with Gasteiger partial charge in [0, 0.05) is 61.8 Å². The zero-order valence-corrected chi connectivity index (χ0v) is 23.8. The Bertz CT molecular complexity index is 1390. The summed E-state index contributed by atoms with van der Waals surface area (Å²) in [6.07, 6.45) is 9.60. The number of carbonyl (C=O) groups is 1. The van der Waals surface area contributed by atoms with E-state index >= 15 is 0 Å². The summed E-state index contributed by atoms with van der Waals surface area (Å²) in [6.45, 7) is 4.80. The molecule has 0 bridgehead atoms. The first-order valence-corrected chi connectivity index (χ1v) is 14.7. The summed E-state index contributed by atoms with van der Waals surface area (Å²) >= 11 is 8.12. The fourth-order valence-electron chi connectivity index (χ4n) is 5.89. The number of hydrogen-bond acceptors (Lipinski definition) is 12. The molecule has 0 amide bonds. The molecule has 13 heteroatoms. The van der Waals surface area contributed by atoms with Crippen molar-refractivity contribution >= 4 is 52.5 Å². The highest BCUT2D eigenvalue weighted by molar-refractivity contribution is 7.99. The van der Waals surface area contributed by atoms with E-state index in [-0.39, 0.29) is 23.5 Å². The quantitative estimate of drug-likeness (QED) is 0.392. The highest BCUT2D eigenvalue weighted by Gasteiger charge is 2.50. The molecule has 11 nitrogen and oxygen atoms in total. The van der Waals surface area contributed by atoms with Crippen molar-refractivity contribution in [2.24, 2.45) is 17.1 Å². The van der Waals surface area contributed by atoms with E-state index in [0.29, 0.717) is 59.3 Å². The molecule has 210 valence electrons. The van der Waals surface area contributed by atoms with Crippen molar-refractivity contribution in [3.8, 4) is 0 Å². The number of nitrogens with one attached hydrogen (secondary N) is 1. The minimum absolute atomic E-state index is 0.0539. The maximum Gasteiger partial charge on any atom is 0.227 e. The standard InChI is InChI=1S/C27H32ClN9O2S/c1-16-18(39)12-27(24(16)29)5-10-36(11-6-27)21-13-33-22(14-32-21)40-19-2-7-30-25(23(19)28)34-20-3-8-31-26(35-20)37-9-4-17(38)15-37/h2-3,7-8,13-14,16-17,24,38H,4-6,9-12,15,29H2,1H3,(H,30,31,34,35)/t16-,17-,24+/m1/s1. The van der Waals surface area contributed by atoms with Gasteiger partial charge in [-0.3, -0.25) is 4.79 Å². The van der Waals surface area contributed by atoms with Crippen LogP contribution in [0.3, 0.4) is 0 Å². The van der Waals surface area contributed by atoms with Crippen LogP contribution in [0.15, 0.2) is 46.8 Å². The van der Waals surface area contributed by atoms with Gasteiger partial charge in [0.1, 0.15) is 22.4 Å². The molecule has 40 heavy (non-hydrogen) atoms. The summed E-state index contributed by atoms with van der Waals surface area (Å²) < 4.78 is 0. The van der Waals surface area contributed by atoms with Crippen molar-refractivity contribution in [2.45, 2.75) is 54.7 Å². The van der Waals surface area contributed by atoms with Crippen LogP contribution in [0.2, 0.25) is 5.02 Å². The number of aliphatic hydroxyl groups excluding tert-OH is 1. The number of hydrogen-bond donors (Lipinski definition) is 3. The van der Waals surface area contributed by atoms with Gasteiger partial charge in [0.2, 0.25) is 5.95 Å². The molecule has 4 N–H and O–H groups in total. The third-order valence-electron chi connectivity index (χ3n) is 8.38. The minimum Gasteiger partial charge on any atom is -0.391 e. The number of aliphatic hydroxyl groups is 1. The fraction of sp³-hybridized carbons (Fsp3) is 0.481. The van der Waals surface area contributed by atoms with Crippen LogP contribution < -0.4 is 20.9 Å². The summed E-state index contributed by atoms with van der Waals surface area (Å²) in [5, 5.41) is 14.2. The van der Waals surface area contributed by atoms with E-state index in [9.17, 15) is 9.90 Å². The summed E-state index contributed by atoms with van der Waals surface area (Å²) in [4.78, 5) is 39.8. The van der Waals surface area contributed by atoms with E-state index in [2.05, 4.69) is 35.1 Å². The Kier molecular flexibility index (Phi) is 7.51. The van der Waals surface area contributed by atoms with Crippen LogP contribution in [0.4, 0.5) is 23.4 Å². The van der Waals surface area contributed by atoms with Gasteiger partial charge in [0.05, 0.1) is 23.5 Å². The van der Waals surface area contributed by atoms with Gasteiger partial charge in [-0.1, -0.05) is 30.3 Å². The Morgan fingerprint density at radius 2 is 1.90 bits per heavy atom. The number of aromatic nitrogens is 5. The molecular formula is C27H32ClN9O2S. The van der Waals surface area contributed by atoms with Crippen LogP contribution in [0.25, 0.3) is 0 Å². The zero-order chi connectivity index (χ0) is 27.9. The van der Waals surface area contributed by atoms with E-state index in [1.54, 1.807) is 30.9 Å². The number of Topliss-reactive ketones (excluding diaryl/α,β-unsaturated/α-hetero) is 1. The first-order chi connectivity index (χ1) is 19.3. The largest absolute Gasteiger partial charge is 0.391 e. The van der Waals surface area contributed by atoms with Gasteiger partial charge >= 0.3 is 0 Å². The molecule has 5 heterocycles. The van der Waals surface area contributed by atoms with Crippen LogP contribution in [0.5, 0.6) is 0 Å². The number of β-amino-alcohol motifs (C(OH)–C–C–N with tert-alkyl or cyclic N) is 1. The van der Waals surface area contributed by atoms with Crippen LogP contribution in [-0.4, -0.2) is 74.1 Å². The van der Waals surface area contributed by atoms with Crippen LogP contribution >= 0.6 is 23.4 Å². The second kappa shape index (κ2) is 11.1. The molecular weight excluding hydrogens is 550 g/mol. The Morgan fingerprint density at radius 3 is 2.58 bits per heavy atom. The van der Waals surface area contributed by atoms with E-state index in [4.69, 9.17) is 17.3 Å². The zero-order valence-electron chi connectivity index (χ0n) is 22.2. The lowest BCUT2D eigenvalue weighted by molar-refractivity contribution is -0.120. The highest BCUT2D eigenvalue weighted by atomic mass is 35.5. The van der Waals surface area contributed by atoms with Crippen molar-refractivity contribution in [1.82, 2.24) is 24.9 Å². The van der Waals surface area contributed by atoms with E-state index < -0.39 is 0 Å². The number of piperidine rings is 1. The second-order valence-corrected chi connectivity index (χ2v) is 12.3. The van der Waals surface area contributed by atoms with Gasteiger partial charge in [-0.25, -0.2) is 19.9 Å². The number of rotatable bonds is 6. The number of halogens is 1. The molecule has 0 aromatic carbocycles. The fourth-order valence-corrected chi connectivity index (χ4v) is 6.92. The Balaban J connectivity index is 1.09. The van der Waals surface area contributed by atoms with E-state index in [1.165, 1.54) is 11.8 Å². The molecule has 0 radical (unpaired) electrons. The number of anilines is 4. The number of ketones is 1. The molecule has 3 atom stereocenters. The molecule has 1 spiro atoms. The van der Waals surface area contributed by atoms with E-state index in [0.717, 1.165) is 36.6 Å². The average molecular weight is 582 g/mol. The van der Waals surface area contributed by atoms with Crippen LogP contribution in [-0.2, 0) is 4.79 Å². The minimum atomic E-state index is -0.360. The van der Waals surface area contributed by atoms with Crippen LogP contribution in [0, 0.1) is 11.3 Å².